The van der Waals surface area contributed by atoms with Gasteiger partial charge in [-0.25, -0.2) is 8.78 Å². The third kappa shape index (κ3) is 9.05. The smallest absolute Gasteiger partial charge is 0.136 e. The molecule has 0 aliphatic heterocycles. The van der Waals surface area contributed by atoms with Gasteiger partial charge >= 0.3 is 0 Å². The van der Waals surface area contributed by atoms with Crippen molar-refractivity contribution in [3.63, 3.8) is 0 Å². The van der Waals surface area contributed by atoms with Crippen LogP contribution < -0.4 is 0 Å². The van der Waals surface area contributed by atoms with Crippen molar-refractivity contribution in [2.24, 2.45) is 0 Å². The van der Waals surface area contributed by atoms with Crippen molar-refractivity contribution < 1.29 is 8.78 Å². The predicted octanol–water partition coefficient (Wildman–Crippen LogP) is 18.1. The summed E-state index contributed by atoms with van der Waals surface area (Å²) in [5.41, 5.74) is 10.0. The molecule has 2 aliphatic rings. The molecule has 0 saturated carbocycles. The summed E-state index contributed by atoms with van der Waals surface area (Å²) in [6, 6.07) is 4.55. The van der Waals surface area contributed by atoms with E-state index in [2.05, 4.69) is 53.7 Å². The molecule has 0 radical (unpaired) electrons. The van der Waals surface area contributed by atoms with Crippen LogP contribution in [0.1, 0.15) is 241 Å². The van der Waals surface area contributed by atoms with Crippen molar-refractivity contribution in [2.45, 2.75) is 232 Å². The van der Waals surface area contributed by atoms with Crippen LogP contribution in [0.2, 0.25) is 0 Å². The minimum atomic E-state index is -0.656. The van der Waals surface area contributed by atoms with Crippen molar-refractivity contribution >= 4 is 45.5 Å². The van der Waals surface area contributed by atoms with Gasteiger partial charge in [0.1, 0.15) is 33.7 Å². The third-order valence-corrected chi connectivity index (χ3v) is 16.2. The Morgan fingerprint density at radius 1 is 0.387 bits per heavy atom. The molecule has 0 spiro atoms. The lowest BCUT2D eigenvalue weighted by Gasteiger charge is -2.35. The highest BCUT2D eigenvalue weighted by Crippen LogP contribution is 2.65. The molecule has 5 aromatic rings. The fourth-order valence-corrected chi connectivity index (χ4v) is 13.1. The fraction of sp³-hybridized carbons (Fsp3) is 0.667. The van der Waals surface area contributed by atoms with Crippen LogP contribution in [0.15, 0.2) is 12.1 Å². The Morgan fingerprint density at radius 2 is 0.661 bits per heavy atom. The van der Waals surface area contributed by atoms with Crippen LogP contribution in [0, 0.1) is 25.5 Å². The lowest BCUT2D eigenvalue weighted by molar-refractivity contribution is 0.375. The molecular formula is C54H76F2N4S2. The average Bonchev–Trinajstić information content (AvgIpc) is 4.07. The predicted molar refractivity (Wildman–Crippen MR) is 262 cm³/mol. The summed E-state index contributed by atoms with van der Waals surface area (Å²) in [6.45, 7) is 13.3. The zero-order valence-corrected chi connectivity index (χ0v) is 40.9. The number of unbranched alkanes of at least 4 members (excludes halogenated alkanes) is 20. The molecule has 0 N–H and O–H groups in total. The molecule has 3 aromatic carbocycles. The summed E-state index contributed by atoms with van der Waals surface area (Å²) in [5, 5.41) is 0. The topological polar surface area (TPSA) is 51.6 Å². The molecule has 0 unspecified atom stereocenters. The van der Waals surface area contributed by atoms with Gasteiger partial charge in [0.2, 0.25) is 0 Å². The Labute approximate surface area is 381 Å². The molecule has 8 heteroatoms. The van der Waals surface area contributed by atoms with Gasteiger partial charge in [-0.05, 0) is 61.8 Å². The standard InChI is InChI=1S/C54H76F2N4S2/c1-7-11-15-19-23-27-31-53(32-28-24-20-16-12-8-2)39-35-37(5)49-51(59-61-57-49)41(39)43-45(53)47(55)44-42-40(36-38(6)50-52(42)60-62-58-50)54(46(44)48(43)56,33-29-25-21-17-13-9-3)34-30-26-22-18-14-10-4/h35-36H,7-34H2,1-6H3. The second-order valence-electron chi connectivity index (χ2n) is 19.5. The highest BCUT2D eigenvalue weighted by atomic mass is 32.1. The molecule has 7 rings (SSSR count). The van der Waals surface area contributed by atoms with Gasteiger partial charge in [0.05, 0.1) is 23.5 Å². The van der Waals surface area contributed by atoms with Crippen LogP contribution in [-0.2, 0) is 10.8 Å². The summed E-state index contributed by atoms with van der Waals surface area (Å²) in [5.74, 6) is -0.406. The maximum atomic E-state index is 19.3. The first-order valence-electron chi connectivity index (χ1n) is 25.4. The number of halogens is 2. The molecule has 0 fully saturated rings. The number of nitrogens with zero attached hydrogens (tertiary/aromatic N) is 4. The van der Waals surface area contributed by atoms with Crippen LogP contribution >= 0.6 is 23.5 Å². The second kappa shape index (κ2) is 21.9. The number of hydrogen-bond acceptors (Lipinski definition) is 6. The number of fused-ring (bicyclic) bond motifs is 10. The number of hydrogen-bond donors (Lipinski definition) is 0. The van der Waals surface area contributed by atoms with E-state index in [1.165, 1.54) is 126 Å². The van der Waals surface area contributed by atoms with Crippen LogP contribution in [0.5, 0.6) is 0 Å². The highest BCUT2D eigenvalue weighted by Gasteiger charge is 2.54. The van der Waals surface area contributed by atoms with Crippen molar-refractivity contribution in [3.05, 3.63) is 57.1 Å². The Bertz CT molecular complexity index is 2060. The summed E-state index contributed by atoms with van der Waals surface area (Å²) >= 11 is 2.41. The molecule has 2 aromatic heterocycles. The average molecular weight is 883 g/mol. The van der Waals surface area contributed by atoms with Crippen molar-refractivity contribution in [1.82, 2.24) is 17.5 Å². The third-order valence-electron chi connectivity index (χ3n) is 15.2. The number of benzene rings is 3. The minimum Gasteiger partial charge on any atom is -0.206 e. The van der Waals surface area contributed by atoms with Gasteiger partial charge in [0, 0.05) is 44.2 Å². The van der Waals surface area contributed by atoms with Crippen LogP contribution in [0.25, 0.3) is 44.3 Å². The highest BCUT2D eigenvalue weighted by molar-refractivity contribution is 7.00. The molecule has 0 atom stereocenters. The molecule has 0 amide bonds. The Kier molecular flexibility index (Phi) is 16.6. The van der Waals surface area contributed by atoms with Crippen molar-refractivity contribution in [1.29, 1.82) is 0 Å². The van der Waals surface area contributed by atoms with E-state index in [9.17, 15) is 0 Å². The lowest BCUT2D eigenvalue weighted by Crippen LogP contribution is -2.29. The summed E-state index contributed by atoms with van der Waals surface area (Å²) in [6.07, 6.45) is 31.0. The van der Waals surface area contributed by atoms with Gasteiger partial charge in [-0.2, -0.15) is 17.5 Å². The monoisotopic (exact) mass is 883 g/mol. The van der Waals surface area contributed by atoms with E-state index >= 15 is 8.78 Å². The van der Waals surface area contributed by atoms with Crippen molar-refractivity contribution in [2.75, 3.05) is 0 Å². The van der Waals surface area contributed by atoms with Gasteiger partial charge in [-0.3, -0.25) is 0 Å². The number of aromatic nitrogens is 4. The molecule has 2 aliphatic carbocycles. The Balaban J connectivity index is 1.47. The van der Waals surface area contributed by atoms with E-state index < -0.39 is 10.8 Å². The fourth-order valence-electron chi connectivity index (χ4n) is 11.9. The molecule has 0 bridgehead atoms. The van der Waals surface area contributed by atoms with E-state index in [4.69, 9.17) is 17.5 Å². The minimum absolute atomic E-state index is 0.203. The maximum absolute atomic E-state index is 19.3. The van der Waals surface area contributed by atoms with E-state index in [1.54, 1.807) is 0 Å². The lowest BCUT2D eigenvalue weighted by atomic mass is 9.68. The summed E-state index contributed by atoms with van der Waals surface area (Å²) < 4.78 is 58.0. The number of aryl methyl sites for hydroxylation is 2. The van der Waals surface area contributed by atoms with Gasteiger partial charge in [-0.1, -0.05) is 194 Å². The van der Waals surface area contributed by atoms with Crippen LogP contribution in [0.4, 0.5) is 8.78 Å². The maximum Gasteiger partial charge on any atom is 0.136 e. The van der Waals surface area contributed by atoms with Gasteiger partial charge < -0.3 is 0 Å². The van der Waals surface area contributed by atoms with Gasteiger partial charge in [0.25, 0.3) is 0 Å². The number of rotatable bonds is 28. The zero-order chi connectivity index (χ0) is 43.7. The first kappa shape index (κ1) is 47.1. The van der Waals surface area contributed by atoms with E-state index in [0.717, 1.165) is 132 Å². The van der Waals surface area contributed by atoms with E-state index in [-0.39, 0.29) is 11.6 Å². The summed E-state index contributed by atoms with van der Waals surface area (Å²) in [7, 11) is 0. The first-order chi connectivity index (χ1) is 30.3. The van der Waals surface area contributed by atoms with Gasteiger partial charge in [0.15, 0.2) is 0 Å². The Hall–Kier alpha value is -2.84. The van der Waals surface area contributed by atoms with E-state index in [0.29, 0.717) is 22.3 Å². The quantitative estimate of drug-likeness (QED) is 0.0470. The molecule has 0 saturated heterocycles. The van der Waals surface area contributed by atoms with Crippen LogP contribution in [0.3, 0.4) is 0 Å². The largest absolute Gasteiger partial charge is 0.206 e. The molecule has 62 heavy (non-hydrogen) atoms. The molecule has 2 heterocycles. The van der Waals surface area contributed by atoms with Gasteiger partial charge in [-0.15, -0.1) is 0 Å². The SMILES string of the molecule is CCCCCCCCC1(CCCCCCCC)c2cc(C)c3nsnc3c2-c2c(F)c3c(c(F)c21)-c1c(cc(C)c2nsnc12)C3(CCCCCCCC)CCCCCCCC. The molecule has 338 valence electrons. The zero-order valence-electron chi connectivity index (χ0n) is 39.3. The van der Waals surface area contributed by atoms with Crippen molar-refractivity contribution in [3.8, 4) is 22.3 Å². The summed E-state index contributed by atoms with van der Waals surface area (Å²) in [4.78, 5) is 0. The van der Waals surface area contributed by atoms with E-state index in [1.807, 2.05) is 0 Å². The second-order valence-corrected chi connectivity index (χ2v) is 20.6. The molecule has 4 nitrogen and oxygen atoms in total. The molecular weight excluding hydrogens is 807 g/mol. The van der Waals surface area contributed by atoms with Crippen LogP contribution in [-0.4, -0.2) is 17.5 Å². The normalized spacial score (nSPS) is 14.6. The Morgan fingerprint density at radius 3 is 0.968 bits per heavy atom. The first-order valence-corrected chi connectivity index (χ1v) is 26.9.